The Labute approximate surface area is 110 Å². The first-order valence-corrected chi connectivity index (χ1v) is 6.90. The second-order valence-electron chi connectivity index (χ2n) is 3.44. The molecule has 0 aliphatic rings. The summed E-state index contributed by atoms with van der Waals surface area (Å²) in [6.07, 6.45) is 0. The molecule has 2 aromatic rings. The van der Waals surface area contributed by atoms with Crippen LogP contribution in [0.2, 0.25) is 0 Å². The Balaban J connectivity index is 2.42. The zero-order chi connectivity index (χ0) is 11.4. The fourth-order valence-corrected chi connectivity index (χ4v) is 2.95. The van der Waals surface area contributed by atoms with E-state index in [2.05, 4.69) is 36.4 Å². The molecule has 0 aromatic heterocycles. The summed E-state index contributed by atoms with van der Waals surface area (Å²) in [7, 11) is 1.72. The van der Waals surface area contributed by atoms with Crippen molar-refractivity contribution in [2.45, 2.75) is 0 Å². The molecule has 0 atom stereocenters. The molecule has 0 spiro atoms. The normalized spacial score (nSPS) is 9.94. The predicted octanol–water partition coefficient (Wildman–Crippen LogP) is 2.81. The van der Waals surface area contributed by atoms with Crippen LogP contribution in [-0.2, 0) is 23.9 Å². The molecule has 76 valence electrons. The van der Waals surface area contributed by atoms with Gasteiger partial charge in [-0.1, -0.05) is 0 Å². The Morgan fingerprint density at radius 1 is 0.938 bits per heavy atom. The van der Waals surface area contributed by atoms with Crippen LogP contribution in [0.5, 0.6) is 5.75 Å². The maximum atomic E-state index is 5.39. The van der Waals surface area contributed by atoms with Crippen LogP contribution >= 0.6 is 0 Å². The van der Waals surface area contributed by atoms with Crippen LogP contribution < -0.4 is 4.74 Å². The van der Waals surface area contributed by atoms with E-state index < -0.39 is 0 Å². The number of para-hydroxylation sites is 1. The molecule has 0 aliphatic carbocycles. The van der Waals surface area contributed by atoms with Crippen molar-refractivity contribution in [2.75, 3.05) is 7.11 Å². The van der Waals surface area contributed by atoms with Gasteiger partial charge in [0.25, 0.3) is 0 Å². The van der Waals surface area contributed by atoms with Crippen molar-refractivity contribution in [3.05, 3.63) is 65.7 Å². The second kappa shape index (κ2) is 5.35. The number of methoxy groups -OCH3 is 1. The van der Waals surface area contributed by atoms with Crippen molar-refractivity contribution < 1.29 is 28.6 Å². The van der Waals surface area contributed by atoms with Crippen molar-refractivity contribution in [2.24, 2.45) is 0 Å². The summed E-state index contributed by atoms with van der Waals surface area (Å²) in [6.45, 7) is 0. The Bertz CT molecular complexity index is 491. The Kier molecular flexibility index (Phi) is 3.83. The summed E-state index contributed by atoms with van der Waals surface area (Å²) in [5, 5.41) is 0. The zero-order valence-electron chi connectivity index (χ0n) is 9.10. The average molecular weight is 375 g/mol. The van der Waals surface area contributed by atoms with Gasteiger partial charge in [-0.2, -0.15) is 0 Å². The van der Waals surface area contributed by atoms with Gasteiger partial charge in [0.2, 0.25) is 0 Å². The summed E-state index contributed by atoms with van der Waals surface area (Å²) < 4.78 is 6.76. The third-order valence-electron chi connectivity index (χ3n) is 2.44. The topological polar surface area (TPSA) is 9.23 Å². The van der Waals surface area contributed by atoms with Crippen LogP contribution in [0.25, 0.3) is 0 Å². The molecule has 2 heteroatoms. The fraction of sp³-hybridized carbons (Fsp3) is 0.0714. The van der Waals surface area contributed by atoms with Gasteiger partial charge < -0.3 is 0 Å². The van der Waals surface area contributed by atoms with Crippen LogP contribution in [0.1, 0.15) is 11.1 Å². The number of hydrogen-bond donors (Lipinski definition) is 0. The number of benzene rings is 2. The van der Waals surface area contributed by atoms with Crippen molar-refractivity contribution in [1.82, 2.24) is 0 Å². The molecule has 0 aliphatic heterocycles. The van der Waals surface area contributed by atoms with Gasteiger partial charge in [0.15, 0.2) is 0 Å². The molecule has 0 heterocycles. The molecule has 0 amide bonds. The van der Waals surface area contributed by atoms with Gasteiger partial charge in [-0.15, -0.1) is 0 Å². The molecule has 1 nitrogen and oxygen atoms in total. The van der Waals surface area contributed by atoms with E-state index in [1.165, 1.54) is 14.4 Å². The third-order valence-corrected chi connectivity index (χ3v) is 4.44. The van der Waals surface area contributed by atoms with Crippen molar-refractivity contribution in [1.29, 1.82) is 0 Å². The average Bonchev–Trinajstić information content (AvgIpc) is 2.39. The maximum absolute atomic E-state index is 5.39. The van der Waals surface area contributed by atoms with E-state index in [-0.39, 0.29) is 0 Å². The van der Waals surface area contributed by atoms with Gasteiger partial charge >= 0.3 is 110 Å². The molecule has 0 unspecified atom stereocenters. The van der Waals surface area contributed by atoms with E-state index in [4.69, 9.17) is 4.74 Å². The van der Waals surface area contributed by atoms with E-state index in [0.717, 1.165) is 29.6 Å². The molecule has 0 saturated heterocycles. The van der Waals surface area contributed by atoms with Crippen molar-refractivity contribution >= 4 is 3.26 Å². The molecule has 2 aromatic carbocycles. The first kappa shape index (κ1) is 11.5. The van der Waals surface area contributed by atoms with E-state index >= 15 is 0 Å². The van der Waals surface area contributed by atoms with E-state index in [1.54, 1.807) is 7.11 Å². The summed E-state index contributed by atoms with van der Waals surface area (Å²) in [5.41, 5.74) is 2.50. The van der Waals surface area contributed by atoms with E-state index in [1.807, 2.05) is 18.2 Å². The number of rotatable bonds is 3. The van der Waals surface area contributed by atoms with E-state index in [9.17, 15) is 0 Å². The molecule has 0 saturated carbocycles. The minimum absolute atomic E-state index is 0.955. The van der Waals surface area contributed by atoms with Crippen molar-refractivity contribution in [3.8, 4) is 5.75 Å². The molecule has 0 N–H and O–H groups in total. The van der Waals surface area contributed by atoms with Crippen molar-refractivity contribution in [3.63, 3.8) is 0 Å². The van der Waals surface area contributed by atoms with E-state index in [0.29, 0.717) is 0 Å². The summed E-state index contributed by atoms with van der Waals surface area (Å²) in [5.74, 6) is 0.955. The molecule has 16 heavy (non-hydrogen) atoms. The second-order valence-corrected chi connectivity index (χ2v) is 5.24. The van der Waals surface area contributed by atoms with Gasteiger partial charge in [0.05, 0.1) is 0 Å². The molecule has 0 fully saturated rings. The first-order valence-electron chi connectivity index (χ1n) is 5.10. The van der Waals surface area contributed by atoms with Crippen LogP contribution in [0, 0.1) is 0 Å². The standard InChI is InChI=1S/C14H12O.Hf/c1-15-14-10-6-5-9-13(14)11-12-7-3-2-4-8-12;/h2-10H,1H3;/q;+2. The van der Waals surface area contributed by atoms with Crippen LogP contribution in [-0.4, -0.2) is 10.4 Å². The Morgan fingerprint density at radius 3 is 2.25 bits per heavy atom. The summed E-state index contributed by atoms with van der Waals surface area (Å²) in [6, 6.07) is 18.7. The SMILES string of the molecule is COc1ccccc1[C](=[Hf+2])c1ccccc1. The molecule has 0 bridgehead atoms. The number of ether oxygens (including phenoxy) is 1. The summed E-state index contributed by atoms with van der Waals surface area (Å²) in [4.78, 5) is 0. The Morgan fingerprint density at radius 2 is 1.56 bits per heavy atom. The van der Waals surface area contributed by atoms with Gasteiger partial charge in [-0.05, 0) is 0 Å². The monoisotopic (exact) mass is 376 g/mol. The minimum atomic E-state index is 0.955. The van der Waals surface area contributed by atoms with Gasteiger partial charge in [-0.25, -0.2) is 0 Å². The zero-order valence-corrected chi connectivity index (χ0v) is 12.7. The quantitative estimate of drug-likeness (QED) is 0.751. The summed E-state index contributed by atoms with van der Waals surface area (Å²) >= 11 is 1.00. The van der Waals surface area contributed by atoms with Crippen LogP contribution in [0.3, 0.4) is 0 Å². The predicted molar refractivity (Wildman–Crippen MR) is 62.6 cm³/mol. The first-order chi connectivity index (χ1) is 7.83. The number of hydrogen-bond acceptors (Lipinski definition) is 1. The van der Waals surface area contributed by atoms with Gasteiger partial charge in [0, 0.05) is 0 Å². The molecule has 2 rings (SSSR count). The van der Waals surface area contributed by atoms with Gasteiger partial charge in [0.1, 0.15) is 0 Å². The Hall–Kier alpha value is -1.02. The van der Waals surface area contributed by atoms with Gasteiger partial charge in [-0.3, -0.25) is 0 Å². The molecule has 0 radical (unpaired) electrons. The molecular formula is C14H12HfO+2. The fourth-order valence-electron chi connectivity index (χ4n) is 1.61. The van der Waals surface area contributed by atoms with Crippen LogP contribution in [0.4, 0.5) is 0 Å². The van der Waals surface area contributed by atoms with Crippen LogP contribution in [0.15, 0.2) is 54.6 Å². The molecular weight excluding hydrogens is 363 g/mol. The third kappa shape index (κ3) is 2.38.